The van der Waals surface area contributed by atoms with Gasteiger partial charge in [-0.15, -0.1) is 0 Å². The molecule has 4 heteroatoms. The van der Waals surface area contributed by atoms with Crippen molar-refractivity contribution in [1.29, 1.82) is 0 Å². The van der Waals surface area contributed by atoms with Gasteiger partial charge in [0.1, 0.15) is 5.75 Å². The summed E-state index contributed by atoms with van der Waals surface area (Å²) in [4.78, 5) is 2.34. The average Bonchev–Trinajstić information content (AvgIpc) is 2.69. The van der Waals surface area contributed by atoms with Gasteiger partial charge in [0.05, 0.1) is 19.8 Å². The standard InChI is InChI=1S/C15H24N2O2/c1-12-4-5-15(19-2)13(10-12)14(11-18)17-8-3-6-16-7-9-17/h4-5,10,14,16,18H,3,6-9,11H2,1-2H3. The van der Waals surface area contributed by atoms with E-state index in [2.05, 4.69) is 23.2 Å². The molecule has 1 fully saturated rings. The predicted octanol–water partition coefficient (Wildman–Crippen LogP) is 1.33. The maximum absolute atomic E-state index is 9.82. The molecule has 106 valence electrons. The molecule has 0 amide bonds. The minimum Gasteiger partial charge on any atom is -0.496 e. The van der Waals surface area contributed by atoms with Gasteiger partial charge in [-0.1, -0.05) is 17.7 Å². The second kappa shape index (κ2) is 6.89. The zero-order valence-corrected chi connectivity index (χ0v) is 11.9. The highest BCUT2D eigenvalue weighted by Gasteiger charge is 2.23. The van der Waals surface area contributed by atoms with E-state index in [1.807, 2.05) is 12.1 Å². The summed E-state index contributed by atoms with van der Waals surface area (Å²) in [5.41, 5.74) is 2.29. The fourth-order valence-electron chi connectivity index (χ4n) is 2.70. The molecule has 0 saturated carbocycles. The molecule has 4 nitrogen and oxygen atoms in total. The van der Waals surface area contributed by atoms with Crippen molar-refractivity contribution < 1.29 is 9.84 Å². The van der Waals surface area contributed by atoms with Gasteiger partial charge in [-0.25, -0.2) is 0 Å². The summed E-state index contributed by atoms with van der Waals surface area (Å²) in [6.07, 6.45) is 1.12. The lowest BCUT2D eigenvalue weighted by atomic mass is 10.0. The van der Waals surface area contributed by atoms with Crippen molar-refractivity contribution in [2.24, 2.45) is 0 Å². The molecular formula is C15H24N2O2. The molecule has 1 saturated heterocycles. The summed E-state index contributed by atoms with van der Waals surface area (Å²) in [6.45, 7) is 6.20. The first kappa shape index (κ1) is 14.3. The van der Waals surface area contributed by atoms with Crippen LogP contribution in [0, 0.1) is 6.92 Å². The van der Waals surface area contributed by atoms with Gasteiger partial charge in [-0.2, -0.15) is 0 Å². The van der Waals surface area contributed by atoms with Crippen LogP contribution in [0.5, 0.6) is 5.75 Å². The molecular weight excluding hydrogens is 240 g/mol. The first-order chi connectivity index (χ1) is 9.26. The van der Waals surface area contributed by atoms with Crippen LogP contribution < -0.4 is 10.1 Å². The molecule has 2 rings (SSSR count). The van der Waals surface area contributed by atoms with E-state index in [4.69, 9.17) is 4.74 Å². The third-order valence-corrected chi connectivity index (χ3v) is 3.73. The highest BCUT2D eigenvalue weighted by molar-refractivity contribution is 5.39. The normalized spacial score (nSPS) is 18.9. The molecule has 19 heavy (non-hydrogen) atoms. The molecule has 2 N–H and O–H groups in total. The molecule has 0 spiro atoms. The van der Waals surface area contributed by atoms with Crippen LogP contribution >= 0.6 is 0 Å². The number of nitrogens with zero attached hydrogens (tertiary/aromatic N) is 1. The molecule has 1 unspecified atom stereocenters. The number of aliphatic hydroxyl groups excluding tert-OH is 1. The van der Waals surface area contributed by atoms with E-state index in [1.165, 1.54) is 5.56 Å². The van der Waals surface area contributed by atoms with Crippen molar-refractivity contribution in [1.82, 2.24) is 10.2 Å². The van der Waals surface area contributed by atoms with Crippen molar-refractivity contribution in [3.63, 3.8) is 0 Å². The Kier molecular flexibility index (Phi) is 5.19. The summed E-state index contributed by atoms with van der Waals surface area (Å²) < 4.78 is 5.45. The number of aliphatic hydroxyl groups is 1. The van der Waals surface area contributed by atoms with E-state index in [9.17, 15) is 5.11 Å². The largest absolute Gasteiger partial charge is 0.496 e. The number of rotatable bonds is 4. The summed E-state index contributed by atoms with van der Waals surface area (Å²) in [5, 5.41) is 13.2. The van der Waals surface area contributed by atoms with E-state index in [1.54, 1.807) is 7.11 Å². The number of nitrogens with one attached hydrogen (secondary N) is 1. The second-order valence-electron chi connectivity index (χ2n) is 5.08. The first-order valence-corrected chi connectivity index (χ1v) is 6.96. The van der Waals surface area contributed by atoms with Crippen LogP contribution in [-0.2, 0) is 0 Å². The molecule has 0 bridgehead atoms. The Hall–Kier alpha value is -1.10. The Morgan fingerprint density at radius 3 is 2.95 bits per heavy atom. The molecule has 1 heterocycles. The Bertz CT molecular complexity index is 401. The van der Waals surface area contributed by atoms with Gasteiger partial charge in [-0.3, -0.25) is 4.90 Å². The molecule has 1 aromatic rings. The van der Waals surface area contributed by atoms with Crippen molar-refractivity contribution in [3.8, 4) is 5.75 Å². The zero-order chi connectivity index (χ0) is 13.7. The molecule has 0 aliphatic carbocycles. The van der Waals surface area contributed by atoms with Crippen LogP contribution in [0.1, 0.15) is 23.6 Å². The minimum atomic E-state index is 0.0229. The fourth-order valence-corrected chi connectivity index (χ4v) is 2.70. The lowest BCUT2D eigenvalue weighted by Gasteiger charge is -2.30. The summed E-state index contributed by atoms with van der Waals surface area (Å²) >= 11 is 0. The maximum atomic E-state index is 9.82. The Balaban J connectivity index is 2.26. The van der Waals surface area contributed by atoms with Crippen LogP contribution in [0.4, 0.5) is 0 Å². The second-order valence-corrected chi connectivity index (χ2v) is 5.08. The fraction of sp³-hybridized carbons (Fsp3) is 0.600. The van der Waals surface area contributed by atoms with Crippen molar-refractivity contribution in [3.05, 3.63) is 29.3 Å². The number of benzene rings is 1. The summed E-state index contributed by atoms with van der Waals surface area (Å²) in [7, 11) is 1.69. The number of ether oxygens (including phenoxy) is 1. The van der Waals surface area contributed by atoms with Gasteiger partial charge in [0.15, 0.2) is 0 Å². The predicted molar refractivity (Wildman–Crippen MR) is 76.6 cm³/mol. The third kappa shape index (κ3) is 3.47. The average molecular weight is 264 g/mol. The SMILES string of the molecule is COc1ccc(C)cc1C(CO)N1CCCNCC1. The van der Waals surface area contributed by atoms with E-state index < -0.39 is 0 Å². The Morgan fingerprint density at radius 2 is 2.21 bits per heavy atom. The molecule has 1 atom stereocenters. The van der Waals surface area contributed by atoms with Gasteiger partial charge in [0.2, 0.25) is 0 Å². The highest BCUT2D eigenvalue weighted by Crippen LogP contribution is 2.30. The van der Waals surface area contributed by atoms with Crippen molar-refractivity contribution in [2.45, 2.75) is 19.4 Å². The molecule has 1 aromatic carbocycles. The molecule has 0 aromatic heterocycles. The van der Waals surface area contributed by atoms with E-state index in [-0.39, 0.29) is 12.6 Å². The van der Waals surface area contributed by atoms with Crippen LogP contribution in [0.15, 0.2) is 18.2 Å². The lowest BCUT2D eigenvalue weighted by Crippen LogP contribution is -2.34. The smallest absolute Gasteiger partial charge is 0.123 e. The van der Waals surface area contributed by atoms with Crippen LogP contribution in [0.2, 0.25) is 0 Å². The Labute approximate surface area is 115 Å². The van der Waals surface area contributed by atoms with Gasteiger partial charge < -0.3 is 15.2 Å². The number of methoxy groups -OCH3 is 1. The van der Waals surface area contributed by atoms with E-state index in [0.29, 0.717) is 0 Å². The maximum Gasteiger partial charge on any atom is 0.123 e. The monoisotopic (exact) mass is 264 g/mol. The molecule has 1 aliphatic rings. The highest BCUT2D eigenvalue weighted by atomic mass is 16.5. The number of hydrogen-bond acceptors (Lipinski definition) is 4. The molecule has 0 radical (unpaired) electrons. The number of hydrogen-bond donors (Lipinski definition) is 2. The number of aryl methyl sites for hydroxylation is 1. The third-order valence-electron chi connectivity index (χ3n) is 3.73. The van der Waals surface area contributed by atoms with Crippen molar-refractivity contribution >= 4 is 0 Å². The van der Waals surface area contributed by atoms with Crippen molar-refractivity contribution in [2.75, 3.05) is 39.9 Å². The Morgan fingerprint density at radius 1 is 1.37 bits per heavy atom. The van der Waals surface area contributed by atoms with Crippen LogP contribution in [0.25, 0.3) is 0 Å². The topological polar surface area (TPSA) is 44.7 Å². The summed E-state index contributed by atoms with van der Waals surface area (Å²) in [6, 6.07) is 6.18. The van der Waals surface area contributed by atoms with Crippen LogP contribution in [0.3, 0.4) is 0 Å². The summed E-state index contributed by atoms with van der Waals surface area (Å²) in [5.74, 6) is 0.863. The first-order valence-electron chi connectivity index (χ1n) is 6.96. The zero-order valence-electron chi connectivity index (χ0n) is 11.9. The molecule has 1 aliphatic heterocycles. The van der Waals surface area contributed by atoms with Gasteiger partial charge in [0, 0.05) is 25.2 Å². The van der Waals surface area contributed by atoms with E-state index >= 15 is 0 Å². The minimum absolute atomic E-state index is 0.0229. The van der Waals surface area contributed by atoms with Gasteiger partial charge in [-0.05, 0) is 26.0 Å². The van der Waals surface area contributed by atoms with Gasteiger partial charge in [0.25, 0.3) is 0 Å². The quantitative estimate of drug-likeness (QED) is 0.861. The van der Waals surface area contributed by atoms with Gasteiger partial charge >= 0.3 is 0 Å². The van der Waals surface area contributed by atoms with E-state index in [0.717, 1.165) is 43.9 Å². The van der Waals surface area contributed by atoms with Crippen LogP contribution in [-0.4, -0.2) is 49.9 Å². The lowest BCUT2D eigenvalue weighted by molar-refractivity contribution is 0.127.